The molecule has 0 spiro atoms. The van der Waals surface area contributed by atoms with E-state index in [0.29, 0.717) is 11.3 Å². The second kappa shape index (κ2) is 6.58. The quantitative estimate of drug-likeness (QED) is 0.878. The van der Waals surface area contributed by atoms with E-state index in [9.17, 15) is 0 Å². The van der Waals surface area contributed by atoms with Gasteiger partial charge >= 0.3 is 0 Å². The lowest BCUT2D eigenvalue weighted by molar-refractivity contribution is 0.252. The molecule has 0 amide bonds. The molecule has 1 aromatic carbocycles. The van der Waals surface area contributed by atoms with Crippen molar-refractivity contribution in [2.45, 2.75) is 34.2 Å². The van der Waals surface area contributed by atoms with E-state index < -0.39 is 0 Å². The number of ether oxygens (including phenoxy) is 1. The van der Waals surface area contributed by atoms with Gasteiger partial charge in [-0.05, 0) is 36.1 Å². The van der Waals surface area contributed by atoms with Crippen molar-refractivity contribution in [2.24, 2.45) is 11.3 Å². The molecule has 0 bridgehead atoms. The van der Waals surface area contributed by atoms with Crippen LogP contribution < -0.4 is 10.1 Å². The molecule has 0 aliphatic rings. The Balaban J connectivity index is 2.56. The van der Waals surface area contributed by atoms with Crippen LogP contribution in [0.25, 0.3) is 0 Å². The number of methoxy groups -OCH3 is 1. The van der Waals surface area contributed by atoms with Crippen LogP contribution in [-0.4, -0.2) is 13.7 Å². The molecular formula is C15H24BrNO. The highest BCUT2D eigenvalue weighted by atomic mass is 79.9. The molecule has 0 saturated heterocycles. The van der Waals surface area contributed by atoms with Crippen LogP contribution in [0.1, 0.15) is 33.3 Å². The van der Waals surface area contributed by atoms with E-state index in [1.165, 1.54) is 5.56 Å². The zero-order valence-electron chi connectivity index (χ0n) is 12.0. The molecule has 18 heavy (non-hydrogen) atoms. The van der Waals surface area contributed by atoms with Crippen LogP contribution in [-0.2, 0) is 6.54 Å². The van der Waals surface area contributed by atoms with Gasteiger partial charge < -0.3 is 10.1 Å². The molecule has 3 heteroatoms. The summed E-state index contributed by atoms with van der Waals surface area (Å²) in [5.41, 5.74) is 1.53. The molecule has 102 valence electrons. The number of halogens is 1. The minimum absolute atomic E-state index is 0.342. The summed E-state index contributed by atoms with van der Waals surface area (Å²) < 4.78 is 6.45. The average molecular weight is 314 g/mol. The first kappa shape index (κ1) is 15.5. The Hall–Kier alpha value is -0.540. The molecule has 0 fully saturated rings. The van der Waals surface area contributed by atoms with Gasteiger partial charge in [0, 0.05) is 16.6 Å². The fourth-order valence-electron chi connectivity index (χ4n) is 1.61. The maximum absolute atomic E-state index is 5.36. The van der Waals surface area contributed by atoms with E-state index in [4.69, 9.17) is 4.74 Å². The summed E-state index contributed by atoms with van der Waals surface area (Å²) in [7, 11) is 1.71. The summed E-state index contributed by atoms with van der Waals surface area (Å²) in [5.74, 6) is 1.57. The molecule has 0 aliphatic carbocycles. The van der Waals surface area contributed by atoms with Crippen LogP contribution in [0.4, 0.5) is 0 Å². The summed E-state index contributed by atoms with van der Waals surface area (Å²) in [5, 5.41) is 3.51. The Morgan fingerprint density at radius 1 is 1.33 bits per heavy atom. The maximum Gasteiger partial charge on any atom is 0.123 e. The minimum Gasteiger partial charge on any atom is -0.496 e. The van der Waals surface area contributed by atoms with Gasteiger partial charge in [0.15, 0.2) is 0 Å². The van der Waals surface area contributed by atoms with Gasteiger partial charge in [-0.2, -0.15) is 0 Å². The molecule has 0 radical (unpaired) electrons. The van der Waals surface area contributed by atoms with E-state index in [-0.39, 0.29) is 0 Å². The minimum atomic E-state index is 0.342. The SMILES string of the molecule is COc1ccc(Br)cc1CNCC(C)C(C)(C)C. The maximum atomic E-state index is 5.36. The predicted molar refractivity (Wildman–Crippen MR) is 81.0 cm³/mol. The van der Waals surface area contributed by atoms with E-state index in [0.717, 1.165) is 23.3 Å². The van der Waals surface area contributed by atoms with Crippen molar-refractivity contribution < 1.29 is 4.74 Å². The van der Waals surface area contributed by atoms with Gasteiger partial charge in [-0.1, -0.05) is 43.6 Å². The van der Waals surface area contributed by atoms with E-state index >= 15 is 0 Å². The third kappa shape index (κ3) is 4.62. The van der Waals surface area contributed by atoms with Crippen LogP contribution in [0.5, 0.6) is 5.75 Å². The van der Waals surface area contributed by atoms with Crippen molar-refractivity contribution in [1.29, 1.82) is 0 Å². The molecule has 0 heterocycles. The number of nitrogens with one attached hydrogen (secondary N) is 1. The summed E-state index contributed by atoms with van der Waals surface area (Å²) >= 11 is 3.49. The largest absolute Gasteiger partial charge is 0.496 e. The van der Waals surface area contributed by atoms with Gasteiger partial charge in [0.1, 0.15) is 5.75 Å². The fraction of sp³-hybridized carbons (Fsp3) is 0.600. The Labute approximate surface area is 119 Å². The highest BCUT2D eigenvalue weighted by Crippen LogP contribution is 2.25. The van der Waals surface area contributed by atoms with E-state index in [1.54, 1.807) is 7.11 Å². The Kier molecular flexibility index (Phi) is 5.67. The second-order valence-electron chi connectivity index (χ2n) is 5.85. The van der Waals surface area contributed by atoms with Crippen molar-refractivity contribution in [3.8, 4) is 5.75 Å². The van der Waals surface area contributed by atoms with Crippen molar-refractivity contribution >= 4 is 15.9 Å². The molecule has 0 saturated carbocycles. The first-order valence-electron chi connectivity index (χ1n) is 6.37. The van der Waals surface area contributed by atoms with Crippen molar-refractivity contribution in [2.75, 3.05) is 13.7 Å². The van der Waals surface area contributed by atoms with Gasteiger partial charge in [-0.3, -0.25) is 0 Å². The molecule has 2 nitrogen and oxygen atoms in total. The number of hydrogen-bond donors (Lipinski definition) is 1. The highest BCUT2D eigenvalue weighted by Gasteiger charge is 2.19. The van der Waals surface area contributed by atoms with E-state index in [1.807, 2.05) is 12.1 Å². The lowest BCUT2D eigenvalue weighted by Crippen LogP contribution is -2.29. The van der Waals surface area contributed by atoms with Crippen LogP contribution in [0.3, 0.4) is 0 Å². The van der Waals surface area contributed by atoms with Crippen LogP contribution in [0, 0.1) is 11.3 Å². The normalized spacial score (nSPS) is 13.4. The fourth-order valence-corrected chi connectivity index (χ4v) is 2.02. The molecule has 1 N–H and O–H groups in total. The lowest BCUT2D eigenvalue weighted by atomic mass is 9.82. The molecule has 1 atom stereocenters. The molecule has 1 aromatic rings. The van der Waals surface area contributed by atoms with Crippen molar-refractivity contribution in [3.63, 3.8) is 0 Å². The summed E-state index contributed by atoms with van der Waals surface area (Å²) in [6.45, 7) is 11.0. The van der Waals surface area contributed by atoms with Crippen LogP contribution in [0.2, 0.25) is 0 Å². The Bertz CT molecular complexity index is 385. The Morgan fingerprint density at radius 2 is 2.00 bits per heavy atom. The topological polar surface area (TPSA) is 21.3 Å². The molecule has 1 rings (SSSR count). The molecular weight excluding hydrogens is 290 g/mol. The number of benzene rings is 1. The first-order valence-corrected chi connectivity index (χ1v) is 7.17. The van der Waals surface area contributed by atoms with Crippen molar-refractivity contribution in [1.82, 2.24) is 5.32 Å². The first-order chi connectivity index (χ1) is 8.34. The van der Waals surface area contributed by atoms with Crippen LogP contribution >= 0.6 is 15.9 Å². The Morgan fingerprint density at radius 3 is 2.56 bits per heavy atom. The predicted octanol–water partition coefficient (Wildman–Crippen LogP) is 4.23. The summed E-state index contributed by atoms with van der Waals surface area (Å²) in [6.07, 6.45) is 0. The average Bonchev–Trinajstić information content (AvgIpc) is 2.28. The number of hydrogen-bond acceptors (Lipinski definition) is 2. The molecule has 0 aliphatic heterocycles. The molecule has 0 aromatic heterocycles. The van der Waals surface area contributed by atoms with Gasteiger partial charge in [0.25, 0.3) is 0 Å². The zero-order chi connectivity index (χ0) is 13.8. The standard InChI is InChI=1S/C15H24BrNO/c1-11(15(2,3)4)9-17-10-12-8-13(16)6-7-14(12)18-5/h6-8,11,17H,9-10H2,1-5H3. The van der Waals surface area contributed by atoms with Crippen LogP contribution in [0.15, 0.2) is 22.7 Å². The lowest BCUT2D eigenvalue weighted by Gasteiger charge is -2.27. The smallest absolute Gasteiger partial charge is 0.123 e. The van der Waals surface area contributed by atoms with Crippen molar-refractivity contribution in [3.05, 3.63) is 28.2 Å². The van der Waals surface area contributed by atoms with Gasteiger partial charge in [0.2, 0.25) is 0 Å². The second-order valence-corrected chi connectivity index (χ2v) is 6.77. The summed E-state index contributed by atoms with van der Waals surface area (Å²) in [4.78, 5) is 0. The monoisotopic (exact) mass is 313 g/mol. The summed E-state index contributed by atoms with van der Waals surface area (Å²) in [6, 6.07) is 6.10. The highest BCUT2D eigenvalue weighted by molar-refractivity contribution is 9.10. The van der Waals surface area contributed by atoms with Gasteiger partial charge in [-0.25, -0.2) is 0 Å². The van der Waals surface area contributed by atoms with Gasteiger partial charge in [-0.15, -0.1) is 0 Å². The number of rotatable bonds is 5. The van der Waals surface area contributed by atoms with E-state index in [2.05, 4.69) is 55.0 Å². The molecule has 1 unspecified atom stereocenters. The zero-order valence-corrected chi connectivity index (χ0v) is 13.6. The van der Waals surface area contributed by atoms with Gasteiger partial charge in [0.05, 0.1) is 7.11 Å². The third-order valence-corrected chi connectivity index (χ3v) is 3.98. The third-order valence-electron chi connectivity index (χ3n) is 3.49.